The molecule has 0 atom stereocenters. The number of fused-ring (bicyclic) bond motifs is 1. The molecule has 0 bridgehead atoms. The van der Waals surface area contributed by atoms with Crippen molar-refractivity contribution in [2.75, 3.05) is 20.1 Å². The molecule has 0 spiro atoms. The third-order valence-corrected chi connectivity index (χ3v) is 5.95. The first-order chi connectivity index (χ1) is 15.3. The minimum Gasteiger partial charge on any atom is -0.350 e. The normalized spacial score (nSPS) is 16.9. The van der Waals surface area contributed by atoms with E-state index in [1.54, 1.807) is 6.07 Å². The standard InChI is InChI=1S/C22H16FN3O5S/c1-25-19(28)14-7-6-13(10-15(14)20(25)29)18(27)24-8-9-26-21(30)17(32-22(26)31)11-12-4-2-3-5-16(12)23/h2-7,10-11H,8-9H2,1H3,(H,24,27)/b17-11-. The molecule has 0 saturated carbocycles. The van der Waals surface area contributed by atoms with Gasteiger partial charge in [0.15, 0.2) is 0 Å². The Hall–Kier alpha value is -3.79. The lowest BCUT2D eigenvalue weighted by molar-refractivity contribution is -0.122. The smallest absolute Gasteiger partial charge is 0.293 e. The maximum Gasteiger partial charge on any atom is 0.293 e. The van der Waals surface area contributed by atoms with Gasteiger partial charge in [0.1, 0.15) is 5.82 Å². The Labute approximate surface area is 186 Å². The lowest BCUT2D eigenvalue weighted by atomic mass is 10.1. The molecule has 1 fully saturated rings. The molecular weight excluding hydrogens is 437 g/mol. The maximum absolute atomic E-state index is 13.8. The van der Waals surface area contributed by atoms with Crippen LogP contribution in [-0.2, 0) is 4.79 Å². The number of carbonyl (C=O) groups excluding carboxylic acids is 5. The molecule has 2 aromatic carbocycles. The Morgan fingerprint density at radius 1 is 1.03 bits per heavy atom. The number of imide groups is 2. The van der Waals surface area contributed by atoms with E-state index in [9.17, 15) is 28.4 Å². The van der Waals surface area contributed by atoms with E-state index in [1.165, 1.54) is 49.5 Å². The van der Waals surface area contributed by atoms with Gasteiger partial charge in [0.05, 0.1) is 16.0 Å². The van der Waals surface area contributed by atoms with Crippen LogP contribution in [0.1, 0.15) is 36.6 Å². The molecule has 32 heavy (non-hydrogen) atoms. The number of thioether (sulfide) groups is 1. The van der Waals surface area contributed by atoms with Crippen LogP contribution < -0.4 is 5.32 Å². The Morgan fingerprint density at radius 3 is 2.50 bits per heavy atom. The van der Waals surface area contributed by atoms with E-state index in [1.807, 2.05) is 0 Å². The Kier molecular flexibility index (Phi) is 5.62. The van der Waals surface area contributed by atoms with Crippen LogP contribution in [0.5, 0.6) is 0 Å². The van der Waals surface area contributed by atoms with Crippen molar-refractivity contribution in [1.29, 1.82) is 0 Å². The van der Waals surface area contributed by atoms with Crippen molar-refractivity contribution < 1.29 is 28.4 Å². The quantitative estimate of drug-likeness (QED) is 0.551. The molecule has 0 aromatic heterocycles. The van der Waals surface area contributed by atoms with Gasteiger partial charge in [-0.05, 0) is 42.1 Å². The van der Waals surface area contributed by atoms with Crippen molar-refractivity contribution in [3.8, 4) is 0 Å². The molecule has 2 aliphatic heterocycles. The van der Waals surface area contributed by atoms with Gasteiger partial charge in [-0.25, -0.2) is 4.39 Å². The fraction of sp³-hybridized carbons (Fsp3) is 0.136. The second-order valence-corrected chi connectivity index (χ2v) is 8.03. The van der Waals surface area contributed by atoms with E-state index in [-0.39, 0.29) is 40.2 Å². The summed E-state index contributed by atoms with van der Waals surface area (Å²) in [7, 11) is 1.36. The Balaban J connectivity index is 1.39. The number of nitrogens with zero attached hydrogens (tertiary/aromatic N) is 2. The number of nitrogens with one attached hydrogen (secondary N) is 1. The van der Waals surface area contributed by atoms with Crippen molar-refractivity contribution in [1.82, 2.24) is 15.1 Å². The second kappa shape index (κ2) is 8.39. The number of halogens is 1. The summed E-state index contributed by atoms with van der Waals surface area (Å²) in [4.78, 5) is 63.2. The molecule has 0 radical (unpaired) electrons. The SMILES string of the molecule is CN1C(=O)c2ccc(C(=O)NCCN3C(=O)S/C(=C\c4ccccc4F)C3=O)cc2C1=O. The molecule has 162 valence electrons. The number of carbonyl (C=O) groups is 5. The van der Waals surface area contributed by atoms with E-state index >= 15 is 0 Å². The van der Waals surface area contributed by atoms with Crippen LogP contribution in [0.15, 0.2) is 47.4 Å². The zero-order chi connectivity index (χ0) is 23.0. The fourth-order valence-electron chi connectivity index (χ4n) is 3.31. The number of hydrogen-bond acceptors (Lipinski definition) is 6. The van der Waals surface area contributed by atoms with E-state index in [0.717, 1.165) is 9.80 Å². The highest BCUT2D eigenvalue weighted by molar-refractivity contribution is 8.18. The number of benzene rings is 2. The first kappa shape index (κ1) is 21.4. The first-order valence-corrected chi connectivity index (χ1v) is 10.3. The zero-order valence-corrected chi connectivity index (χ0v) is 17.6. The molecule has 1 saturated heterocycles. The summed E-state index contributed by atoms with van der Waals surface area (Å²) in [6.45, 7) is -0.0934. The van der Waals surface area contributed by atoms with Crippen LogP contribution in [0, 0.1) is 5.82 Å². The van der Waals surface area contributed by atoms with Crippen LogP contribution >= 0.6 is 11.8 Å². The molecule has 4 rings (SSSR count). The largest absolute Gasteiger partial charge is 0.350 e. The lowest BCUT2D eigenvalue weighted by Gasteiger charge is -2.13. The summed E-state index contributed by atoms with van der Waals surface area (Å²) in [6, 6.07) is 10.1. The highest BCUT2D eigenvalue weighted by Crippen LogP contribution is 2.32. The molecule has 1 N–H and O–H groups in total. The Morgan fingerprint density at radius 2 is 1.75 bits per heavy atom. The number of rotatable bonds is 5. The van der Waals surface area contributed by atoms with Crippen molar-refractivity contribution in [2.24, 2.45) is 0 Å². The van der Waals surface area contributed by atoms with Gasteiger partial charge in [0, 0.05) is 31.3 Å². The van der Waals surface area contributed by atoms with Crippen LogP contribution in [0.2, 0.25) is 0 Å². The van der Waals surface area contributed by atoms with Crippen LogP contribution in [-0.4, -0.2) is 58.8 Å². The van der Waals surface area contributed by atoms with Gasteiger partial charge in [-0.15, -0.1) is 0 Å². The minimum atomic E-state index is -0.567. The van der Waals surface area contributed by atoms with Gasteiger partial charge in [-0.2, -0.15) is 0 Å². The fourth-order valence-corrected chi connectivity index (χ4v) is 4.17. The molecule has 5 amide bonds. The predicted molar refractivity (Wildman–Crippen MR) is 114 cm³/mol. The first-order valence-electron chi connectivity index (χ1n) is 9.52. The summed E-state index contributed by atoms with van der Waals surface area (Å²) in [6.07, 6.45) is 1.32. The zero-order valence-electron chi connectivity index (χ0n) is 16.8. The molecule has 10 heteroatoms. The third kappa shape index (κ3) is 3.80. The van der Waals surface area contributed by atoms with Crippen LogP contribution in [0.25, 0.3) is 6.08 Å². The van der Waals surface area contributed by atoms with Gasteiger partial charge >= 0.3 is 0 Å². The van der Waals surface area contributed by atoms with Crippen LogP contribution in [0.4, 0.5) is 9.18 Å². The molecular formula is C22H16FN3O5S. The summed E-state index contributed by atoms with van der Waals surface area (Å²) in [5.74, 6) is -2.51. The number of amides is 5. The van der Waals surface area contributed by atoms with Gasteiger partial charge in [-0.3, -0.25) is 33.8 Å². The monoisotopic (exact) mass is 453 g/mol. The number of hydrogen-bond donors (Lipinski definition) is 1. The van der Waals surface area contributed by atoms with Crippen molar-refractivity contribution in [3.05, 3.63) is 75.4 Å². The van der Waals surface area contributed by atoms with Gasteiger partial charge in [-0.1, -0.05) is 18.2 Å². The van der Waals surface area contributed by atoms with E-state index in [0.29, 0.717) is 11.8 Å². The van der Waals surface area contributed by atoms with E-state index in [2.05, 4.69) is 5.32 Å². The topological polar surface area (TPSA) is 104 Å². The third-order valence-electron chi connectivity index (χ3n) is 5.04. The molecule has 8 nitrogen and oxygen atoms in total. The van der Waals surface area contributed by atoms with Crippen LogP contribution in [0.3, 0.4) is 0 Å². The lowest BCUT2D eigenvalue weighted by Crippen LogP contribution is -2.37. The van der Waals surface area contributed by atoms with E-state index < -0.39 is 34.7 Å². The van der Waals surface area contributed by atoms with Gasteiger partial charge < -0.3 is 5.32 Å². The molecule has 2 heterocycles. The molecule has 0 aliphatic carbocycles. The summed E-state index contributed by atoms with van der Waals surface area (Å²) >= 11 is 0.700. The summed E-state index contributed by atoms with van der Waals surface area (Å²) < 4.78 is 13.8. The average Bonchev–Trinajstić information content (AvgIpc) is 3.17. The molecule has 2 aromatic rings. The maximum atomic E-state index is 13.8. The predicted octanol–water partition coefficient (Wildman–Crippen LogP) is 2.52. The van der Waals surface area contributed by atoms with Gasteiger partial charge in [0.25, 0.3) is 28.9 Å². The van der Waals surface area contributed by atoms with Crippen molar-refractivity contribution >= 4 is 46.7 Å². The van der Waals surface area contributed by atoms with Gasteiger partial charge in [0.2, 0.25) is 0 Å². The Bertz CT molecular complexity index is 1230. The van der Waals surface area contributed by atoms with E-state index in [4.69, 9.17) is 0 Å². The minimum absolute atomic E-state index is 0.0201. The van der Waals surface area contributed by atoms with Crippen molar-refractivity contribution in [2.45, 2.75) is 0 Å². The summed E-state index contributed by atoms with van der Waals surface area (Å²) in [5.41, 5.74) is 0.748. The highest BCUT2D eigenvalue weighted by atomic mass is 32.2. The molecule has 2 aliphatic rings. The molecule has 0 unspecified atom stereocenters. The second-order valence-electron chi connectivity index (χ2n) is 7.04. The average molecular weight is 453 g/mol. The van der Waals surface area contributed by atoms with Crippen molar-refractivity contribution in [3.63, 3.8) is 0 Å². The summed E-state index contributed by atoms with van der Waals surface area (Å²) in [5, 5.41) is 2.07. The highest BCUT2D eigenvalue weighted by Gasteiger charge is 2.35.